The van der Waals surface area contributed by atoms with Gasteiger partial charge in [0.1, 0.15) is 34.4 Å². The van der Waals surface area contributed by atoms with Gasteiger partial charge < -0.3 is 19.0 Å². The van der Waals surface area contributed by atoms with Crippen LogP contribution in [0.2, 0.25) is 0 Å². The number of hydrogen-bond acceptors (Lipinski definition) is 8. The average molecular weight is 722 g/mol. The SMILES string of the molecule is CNC(=O)c1c(-c2ccc(F)cc2)oc2cc(N(C)S(C)(=O)=O)c(-c3ccc4c(n3)-c3cc5c(F)cccc5n3C(CNS(C)(=O)=O)O4)cc12. The number of carbonyl (C=O) groups is 1. The van der Waals surface area contributed by atoms with Crippen LogP contribution < -0.4 is 19.1 Å². The Labute approximate surface area is 285 Å². The molecule has 2 N–H and O–H groups in total. The molecule has 0 aliphatic carbocycles. The molecule has 6 aromatic rings. The number of fused-ring (bicyclic) bond motifs is 6. The molecule has 1 aliphatic heterocycles. The second-order valence-corrected chi connectivity index (χ2v) is 15.6. The van der Waals surface area contributed by atoms with E-state index in [1.165, 1.54) is 56.6 Å². The predicted molar refractivity (Wildman–Crippen MR) is 185 cm³/mol. The van der Waals surface area contributed by atoms with E-state index in [1.807, 2.05) is 0 Å². The molecule has 4 heterocycles. The van der Waals surface area contributed by atoms with E-state index < -0.39 is 43.8 Å². The molecule has 0 bridgehead atoms. The summed E-state index contributed by atoms with van der Waals surface area (Å²) >= 11 is 0. The third-order valence-electron chi connectivity index (χ3n) is 8.48. The lowest BCUT2D eigenvalue weighted by Gasteiger charge is -2.29. The fourth-order valence-electron chi connectivity index (χ4n) is 6.07. The summed E-state index contributed by atoms with van der Waals surface area (Å²) in [5.41, 5.74) is 2.67. The van der Waals surface area contributed by atoms with Gasteiger partial charge in [0.05, 0.1) is 47.2 Å². The number of halogens is 2. The van der Waals surface area contributed by atoms with Gasteiger partial charge in [-0.25, -0.2) is 35.3 Å². The van der Waals surface area contributed by atoms with E-state index in [-0.39, 0.29) is 51.7 Å². The number of hydrogen-bond donors (Lipinski definition) is 2. The van der Waals surface area contributed by atoms with Crippen LogP contribution in [-0.4, -0.2) is 65.4 Å². The molecule has 0 saturated carbocycles. The number of nitrogens with one attached hydrogen (secondary N) is 2. The summed E-state index contributed by atoms with van der Waals surface area (Å²) in [6.07, 6.45) is 1.16. The molecule has 16 heteroatoms. The Morgan fingerprint density at radius 1 is 0.980 bits per heavy atom. The molecule has 0 radical (unpaired) electrons. The number of sulfonamides is 2. The van der Waals surface area contributed by atoms with E-state index in [2.05, 4.69) is 10.0 Å². The van der Waals surface area contributed by atoms with Gasteiger partial charge in [-0.05, 0) is 60.7 Å². The summed E-state index contributed by atoms with van der Waals surface area (Å²) in [6.45, 7) is -0.160. The van der Waals surface area contributed by atoms with Crippen LogP contribution >= 0.6 is 0 Å². The third-order valence-corrected chi connectivity index (χ3v) is 10.4. The average Bonchev–Trinajstić information content (AvgIpc) is 3.65. The van der Waals surface area contributed by atoms with E-state index in [0.29, 0.717) is 27.7 Å². The van der Waals surface area contributed by atoms with Gasteiger partial charge in [0.15, 0.2) is 6.23 Å². The van der Waals surface area contributed by atoms with Crippen molar-refractivity contribution in [2.75, 3.05) is 37.5 Å². The predicted octanol–water partition coefficient (Wildman–Crippen LogP) is 5.26. The molecule has 12 nitrogen and oxygen atoms in total. The number of carbonyl (C=O) groups excluding carboxylic acids is 1. The van der Waals surface area contributed by atoms with Crippen LogP contribution in [0.5, 0.6) is 5.75 Å². The highest BCUT2D eigenvalue weighted by atomic mass is 32.2. The zero-order valence-electron chi connectivity index (χ0n) is 27.0. The van der Waals surface area contributed by atoms with E-state index in [4.69, 9.17) is 14.1 Å². The van der Waals surface area contributed by atoms with Crippen LogP contribution in [0.4, 0.5) is 14.5 Å². The Bertz CT molecular complexity index is 2580. The zero-order chi connectivity index (χ0) is 35.7. The van der Waals surface area contributed by atoms with Crippen LogP contribution in [0.1, 0.15) is 16.6 Å². The van der Waals surface area contributed by atoms with Gasteiger partial charge in [-0.2, -0.15) is 0 Å². The molecule has 1 unspecified atom stereocenters. The lowest BCUT2D eigenvalue weighted by molar-refractivity contribution is 0.0964. The van der Waals surface area contributed by atoms with Gasteiger partial charge in [-0.1, -0.05) is 6.07 Å². The maximum Gasteiger partial charge on any atom is 0.255 e. The van der Waals surface area contributed by atoms with Gasteiger partial charge >= 0.3 is 0 Å². The van der Waals surface area contributed by atoms with Crippen molar-refractivity contribution in [1.82, 2.24) is 19.6 Å². The Morgan fingerprint density at radius 3 is 2.40 bits per heavy atom. The van der Waals surface area contributed by atoms with Gasteiger partial charge in [-0.15, -0.1) is 0 Å². The fourth-order valence-corrected chi connectivity index (χ4v) is 7.02. The molecule has 0 fully saturated rings. The first-order valence-electron chi connectivity index (χ1n) is 15.1. The molecule has 258 valence electrons. The summed E-state index contributed by atoms with van der Waals surface area (Å²) in [4.78, 5) is 18.2. The fraction of sp³-hybridized carbons (Fsp3) is 0.176. The monoisotopic (exact) mass is 721 g/mol. The summed E-state index contributed by atoms with van der Waals surface area (Å²) in [5.74, 6) is -1.05. The molecular weight excluding hydrogens is 693 g/mol. The number of pyridine rings is 1. The van der Waals surface area contributed by atoms with Crippen LogP contribution in [0.15, 0.2) is 77.2 Å². The Kier molecular flexibility index (Phi) is 7.92. The van der Waals surface area contributed by atoms with Crippen molar-refractivity contribution in [1.29, 1.82) is 0 Å². The maximum absolute atomic E-state index is 15.1. The molecule has 1 atom stereocenters. The van der Waals surface area contributed by atoms with Crippen LogP contribution in [-0.2, 0) is 20.0 Å². The molecule has 1 aliphatic rings. The number of rotatable bonds is 8. The summed E-state index contributed by atoms with van der Waals surface area (Å²) in [6, 6.07) is 17.8. The summed E-state index contributed by atoms with van der Waals surface area (Å²) in [5, 5.41) is 3.20. The smallest absolute Gasteiger partial charge is 0.255 e. The van der Waals surface area contributed by atoms with Crippen molar-refractivity contribution in [3.63, 3.8) is 0 Å². The minimum Gasteiger partial charge on any atom is -0.466 e. The Balaban J connectivity index is 1.47. The standard InChI is InChI=1S/C34H29F2N5O7S2/c1-37-34(42)31-22-14-21(26(40(2)50(4,45)46)16-29(22)48-33(31)18-8-10-19(35)11-9-18)24-12-13-28-32(39-24)27-15-20-23(36)6-5-7-25(20)41(27)30(47-28)17-38-49(3,43)44/h5-16,30,38H,17H2,1-4H3,(H,37,42). The highest BCUT2D eigenvalue weighted by Gasteiger charge is 2.32. The first kappa shape index (κ1) is 33.2. The number of anilines is 1. The van der Waals surface area contributed by atoms with Crippen molar-refractivity contribution in [2.24, 2.45) is 0 Å². The first-order valence-corrected chi connectivity index (χ1v) is 18.8. The number of nitrogens with zero attached hydrogens (tertiary/aromatic N) is 3. The number of ether oxygens (including phenoxy) is 1. The molecule has 50 heavy (non-hydrogen) atoms. The van der Waals surface area contributed by atoms with Crippen molar-refractivity contribution in [3.8, 4) is 39.7 Å². The number of amides is 1. The van der Waals surface area contributed by atoms with Gasteiger partial charge in [-0.3, -0.25) is 9.10 Å². The lowest BCUT2D eigenvalue weighted by atomic mass is 10.0. The van der Waals surface area contributed by atoms with Crippen LogP contribution in [0.25, 0.3) is 55.8 Å². The minimum absolute atomic E-state index is 0.141. The van der Waals surface area contributed by atoms with Crippen LogP contribution in [0.3, 0.4) is 0 Å². The summed E-state index contributed by atoms with van der Waals surface area (Å²) in [7, 11) is -4.62. The van der Waals surface area contributed by atoms with E-state index in [0.717, 1.165) is 16.8 Å². The number of aromatic nitrogens is 2. The second-order valence-electron chi connectivity index (χ2n) is 11.8. The zero-order valence-corrected chi connectivity index (χ0v) is 28.6. The van der Waals surface area contributed by atoms with Gasteiger partial charge in [0.2, 0.25) is 20.0 Å². The highest BCUT2D eigenvalue weighted by Crippen LogP contribution is 2.45. The minimum atomic E-state index is -3.83. The van der Waals surface area contributed by atoms with E-state index >= 15 is 4.39 Å². The van der Waals surface area contributed by atoms with Crippen molar-refractivity contribution in [2.45, 2.75) is 6.23 Å². The van der Waals surface area contributed by atoms with Crippen molar-refractivity contribution < 1.29 is 39.6 Å². The molecule has 3 aromatic carbocycles. The first-order chi connectivity index (χ1) is 23.6. The topological polar surface area (TPSA) is 153 Å². The maximum atomic E-state index is 15.1. The van der Waals surface area contributed by atoms with Gasteiger partial charge in [0.25, 0.3) is 5.91 Å². The van der Waals surface area contributed by atoms with Crippen molar-refractivity contribution in [3.05, 3.63) is 90.0 Å². The molecule has 1 amide bonds. The van der Waals surface area contributed by atoms with E-state index in [9.17, 15) is 26.0 Å². The molecule has 7 rings (SSSR count). The second kappa shape index (κ2) is 11.9. The highest BCUT2D eigenvalue weighted by molar-refractivity contribution is 7.92. The number of benzene rings is 3. The lowest BCUT2D eigenvalue weighted by Crippen LogP contribution is -2.34. The summed E-state index contributed by atoms with van der Waals surface area (Å²) < 4.78 is 96.1. The molecule has 3 aromatic heterocycles. The normalized spacial score (nSPS) is 14.3. The largest absolute Gasteiger partial charge is 0.466 e. The number of furan rings is 1. The Hall–Kier alpha value is -5.32. The van der Waals surface area contributed by atoms with Gasteiger partial charge in [0, 0.05) is 42.1 Å². The molecular formula is C34H29F2N5O7S2. The van der Waals surface area contributed by atoms with E-state index in [1.54, 1.807) is 34.9 Å². The van der Waals surface area contributed by atoms with Crippen LogP contribution in [0, 0.1) is 11.6 Å². The molecule has 0 saturated heterocycles. The Morgan fingerprint density at radius 2 is 1.72 bits per heavy atom. The third kappa shape index (κ3) is 5.74. The van der Waals surface area contributed by atoms with Crippen molar-refractivity contribution >= 4 is 53.5 Å². The molecule has 0 spiro atoms. The quantitative estimate of drug-likeness (QED) is 0.216.